The van der Waals surface area contributed by atoms with Gasteiger partial charge in [0.05, 0.1) is 0 Å². The van der Waals surface area contributed by atoms with Crippen molar-refractivity contribution in [2.24, 2.45) is 0 Å². The third kappa shape index (κ3) is 5.09. The summed E-state index contributed by atoms with van der Waals surface area (Å²) in [6.07, 6.45) is 5.11. The van der Waals surface area contributed by atoms with E-state index < -0.39 is 0 Å². The Labute approximate surface area is 182 Å². The average molecular weight is 427 g/mol. The minimum atomic E-state index is 0.0328. The van der Waals surface area contributed by atoms with Gasteiger partial charge >= 0.3 is 0 Å². The van der Waals surface area contributed by atoms with E-state index in [9.17, 15) is 4.79 Å². The van der Waals surface area contributed by atoms with Crippen molar-refractivity contribution in [2.45, 2.75) is 0 Å². The van der Waals surface area contributed by atoms with Gasteiger partial charge in [-0.3, -0.25) is 4.79 Å². The van der Waals surface area contributed by atoms with Crippen LogP contribution in [0, 0.1) is 0 Å². The lowest BCUT2D eigenvalue weighted by molar-refractivity contribution is -0.126. The van der Waals surface area contributed by atoms with E-state index in [1.165, 1.54) is 0 Å². The number of piperazine rings is 2. The molecule has 2 saturated heterocycles. The van der Waals surface area contributed by atoms with Crippen LogP contribution in [0.5, 0.6) is 0 Å². The Morgan fingerprint density at radius 2 is 1.47 bits per heavy atom. The molecule has 3 heterocycles. The van der Waals surface area contributed by atoms with E-state index >= 15 is 0 Å². The van der Waals surface area contributed by atoms with E-state index in [4.69, 9.17) is 11.6 Å². The van der Waals surface area contributed by atoms with Gasteiger partial charge in [0.2, 0.25) is 5.91 Å². The van der Waals surface area contributed by atoms with Crippen LogP contribution in [0.25, 0.3) is 6.08 Å². The fraction of sp³-hybridized carbons (Fsp3) is 0.409. The van der Waals surface area contributed by atoms with Gasteiger partial charge in [0.15, 0.2) is 0 Å². The van der Waals surface area contributed by atoms with E-state index in [1.807, 2.05) is 35.2 Å². The summed E-state index contributed by atoms with van der Waals surface area (Å²) in [4.78, 5) is 30.2. The highest BCUT2D eigenvalue weighted by atomic mass is 35.5. The summed E-state index contributed by atoms with van der Waals surface area (Å²) in [5.74, 6) is 1.95. The lowest BCUT2D eigenvalue weighted by Gasteiger charge is -2.36. The maximum atomic E-state index is 12.5. The molecule has 2 aliphatic rings. The van der Waals surface area contributed by atoms with Gasteiger partial charge in [0.1, 0.15) is 18.0 Å². The Bertz CT molecular complexity index is 887. The number of amides is 1. The molecule has 0 bridgehead atoms. The van der Waals surface area contributed by atoms with Crippen molar-refractivity contribution in [3.05, 3.63) is 53.3 Å². The Morgan fingerprint density at radius 1 is 0.900 bits per heavy atom. The molecule has 0 N–H and O–H groups in total. The van der Waals surface area contributed by atoms with Crippen molar-refractivity contribution in [1.29, 1.82) is 0 Å². The molecule has 1 aromatic heterocycles. The summed E-state index contributed by atoms with van der Waals surface area (Å²) in [6, 6.07) is 9.52. The first-order valence-electron chi connectivity index (χ1n) is 10.3. The largest absolute Gasteiger partial charge is 0.354 e. The number of benzene rings is 1. The van der Waals surface area contributed by atoms with Crippen LogP contribution in [0.1, 0.15) is 5.56 Å². The molecule has 2 aliphatic heterocycles. The van der Waals surface area contributed by atoms with Crippen LogP contribution < -0.4 is 9.80 Å². The zero-order valence-electron chi connectivity index (χ0n) is 17.2. The maximum Gasteiger partial charge on any atom is 0.246 e. The molecule has 158 valence electrons. The van der Waals surface area contributed by atoms with Gasteiger partial charge in [-0.15, -0.1) is 0 Å². The quantitative estimate of drug-likeness (QED) is 0.699. The lowest BCUT2D eigenvalue weighted by atomic mass is 10.2. The molecule has 0 atom stereocenters. The van der Waals surface area contributed by atoms with Crippen LogP contribution in [0.15, 0.2) is 42.7 Å². The Kier molecular flexibility index (Phi) is 6.50. The third-order valence-corrected chi connectivity index (χ3v) is 5.92. The molecule has 30 heavy (non-hydrogen) atoms. The Hall–Kier alpha value is -2.64. The molecular formula is C22H27ClN6O. The molecule has 0 unspecified atom stereocenters. The second-order valence-corrected chi connectivity index (χ2v) is 8.16. The maximum absolute atomic E-state index is 12.5. The number of rotatable bonds is 4. The fourth-order valence-corrected chi connectivity index (χ4v) is 3.85. The summed E-state index contributed by atoms with van der Waals surface area (Å²) >= 11 is 5.90. The fourth-order valence-electron chi connectivity index (χ4n) is 3.72. The van der Waals surface area contributed by atoms with Crippen molar-refractivity contribution >= 4 is 35.2 Å². The average Bonchev–Trinajstić information content (AvgIpc) is 2.79. The summed E-state index contributed by atoms with van der Waals surface area (Å²) < 4.78 is 0. The summed E-state index contributed by atoms with van der Waals surface area (Å²) in [5, 5.41) is 0.690. The van der Waals surface area contributed by atoms with Crippen molar-refractivity contribution in [3.8, 4) is 0 Å². The summed E-state index contributed by atoms with van der Waals surface area (Å²) in [6.45, 7) is 6.94. The van der Waals surface area contributed by atoms with Crippen molar-refractivity contribution in [3.63, 3.8) is 0 Å². The molecule has 2 aromatic rings. The highest BCUT2D eigenvalue weighted by Gasteiger charge is 2.22. The summed E-state index contributed by atoms with van der Waals surface area (Å²) in [5.41, 5.74) is 0.962. The number of anilines is 2. The monoisotopic (exact) mass is 426 g/mol. The first kappa shape index (κ1) is 20.6. The SMILES string of the molecule is CN1CCN(c2cc(N3CCN(C(=O)/C=C/c4ccc(Cl)cc4)CC3)ncn2)CC1. The predicted molar refractivity (Wildman–Crippen MR) is 121 cm³/mol. The van der Waals surface area contributed by atoms with Gasteiger partial charge in [-0.05, 0) is 30.8 Å². The number of hydrogen-bond donors (Lipinski definition) is 0. The van der Waals surface area contributed by atoms with Crippen LogP contribution in [-0.4, -0.2) is 85.1 Å². The number of nitrogens with zero attached hydrogens (tertiary/aromatic N) is 6. The number of hydrogen-bond acceptors (Lipinski definition) is 6. The topological polar surface area (TPSA) is 55.8 Å². The molecular weight excluding hydrogens is 400 g/mol. The van der Waals surface area contributed by atoms with Gasteiger partial charge < -0.3 is 19.6 Å². The zero-order valence-corrected chi connectivity index (χ0v) is 18.0. The second-order valence-electron chi connectivity index (χ2n) is 7.72. The van der Waals surface area contributed by atoms with Crippen molar-refractivity contribution < 1.29 is 4.79 Å². The smallest absolute Gasteiger partial charge is 0.246 e. The standard InChI is InChI=1S/C22H27ClN6O/c1-26-8-10-27(11-9-26)20-16-21(25-17-24-20)28-12-14-29(15-13-28)22(30)7-4-18-2-5-19(23)6-3-18/h2-7,16-17H,8-15H2,1H3/b7-4+. The first-order valence-corrected chi connectivity index (χ1v) is 10.7. The van der Waals surface area contributed by atoms with E-state index in [0.29, 0.717) is 18.1 Å². The van der Waals surface area contributed by atoms with Crippen LogP contribution in [-0.2, 0) is 4.79 Å². The summed E-state index contributed by atoms with van der Waals surface area (Å²) in [7, 11) is 2.15. The molecule has 0 saturated carbocycles. The molecule has 4 rings (SSSR count). The van der Waals surface area contributed by atoms with E-state index in [0.717, 1.165) is 56.5 Å². The molecule has 0 spiro atoms. The van der Waals surface area contributed by atoms with E-state index in [-0.39, 0.29) is 5.91 Å². The number of likely N-dealkylation sites (N-methyl/N-ethyl adjacent to an activating group) is 1. The van der Waals surface area contributed by atoms with E-state index in [2.05, 4.69) is 37.8 Å². The van der Waals surface area contributed by atoms with Crippen LogP contribution in [0.4, 0.5) is 11.6 Å². The molecule has 7 nitrogen and oxygen atoms in total. The highest BCUT2D eigenvalue weighted by molar-refractivity contribution is 6.30. The second kappa shape index (κ2) is 9.45. The Balaban J connectivity index is 1.32. The van der Waals surface area contributed by atoms with Gasteiger partial charge in [-0.2, -0.15) is 0 Å². The number of halogens is 1. The highest BCUT2D eigenvalue weighted by Crippen LogP contribution is 2.20. The molecule has 1 amide bonds. The van der Waals surface area contributed by atoms with Gasteiger partial charge in [0, 0.05) is 69.5 Å². The number of carbonyl (C=O) groups excluding carboxylic acids is 1. The predicted octanol–water partition coefficient (Wildman–Crippen LogP) is 2.24. The van der Waals surface area contributed by atoms with Gasteiger partial charge in [0.25, 0.3) is 0 Å². The van der Waals surface area contributed by atoms with Gasteiger partial charge in [-0.1, -0.05) is 23.7 Å². The van der Waals surface area contributed by atoms with Crippen molar-refractivity contribution in [1.82, 2.24) is 19.8 Å². The first-order chi connectivity index (χ1) is 14.6. The minimum absolute atomic E-state index is 0.0328. The molecule has 1 aromatic carbocycles. The third-order valence-electron chi connectivity index (χ3n) is 5.67. The minimum Gasteiger partial charge on any atom is -0.354 e. The molecule has 0 radical (unpaired) electrons. The van der Waals surface area contributed by atoms with Crippen LogP contribution in [0.3, 0.4) is 0 Å². The Morgan fingerprint density at radius 3 is 2.07 bits per heavy atom. The normalized spacial score (nSPS) is 18.3. The van der Waals surface area contributed by atoms with Crippen LogP contribution >= 0.6 is 11.6 Å². The van der Waals surface area contributed by atoms with Gasteiger partial charge in [-0.25, -0.2) is 9.97 Å². The zero-order chi connectivity index (χ0) is 20.9. The van der Waals surface area contributed by atoms with Crippen LogP contribution in [0.2, 0.25) is 5.02 Å². The molecule has 8 heteroatoms. The van der Waals surface area contributed by atoms with E-state index in [1.54, 1.807) is 12.4 Å². The lowest BCUT2D eigenvalue weighted by Crippen LogP contribution is -2.48. The van der Waals surface area contributed by atoms with Crippen molar-refractivity contribution in [2.75, 3.05) is 69.2 Å². The molecule has 2 fully saturated rings. The number of carbonyl (C=O) groups is 1. The molecule has 0 aliphatic carbocycles. The number of aromatic nitrogens is 2.